The number of halogens is 3. The van der Waals surface area contributed by atoms with Gasteiger partial charge in [-0.1, -0.05) is 70.8 Å². The van der Waals surface area contributed by atoms with Gasteiger partial charge in [-0.2, -0.15) is 9.78 Å². The van der Waals surface area contributed by atoms with E-state index in [2.05, 4.69) is 15.3 Å². The Morgan fingerprint density at radius 2 is 1.80 bits per heavy atom. The topological polar surface area (TPSA) is 61.5 Å². The quantitative estimate of drug-likeness (QED) is 0.153. The second-order valence-corrected chi connectivity index (χ2v) is 9.42. The van der Waals surface area contributed by atoms with Crippen molar-refractivity contribution in [2.24, 2.45) is 5.10 Å². The Morgan fingerprint density at radius 1 is 0.943 bits per heavy atom. The van der Waals surface area contributed by atoms with Gasteiger partial charge in [0.05, 0.1) is 22.9 Å². The zero-order chi connectivity index (χ0) is 24.6. The lowest BCUT2D eigenvalue weighted by molar-refractivity contribution is 0.269. The van der Waals surface area contributed by atoms with Gasteiger partial charge in [-0.15, -0.1) is 10.2 Å². The molecule has 0 unspecified atom stereocenters. The van der Waals surface area contributed by atoms with Gasteiger partial charge in [-0.3, -0.25) is 0 Å². The molecule has 0 saturated heterocycles. The number of ether oxygens (including phenoxy) is 2. The maximum atomic E-state index is 6.25. The first-order valence-corrected chi connectivity index (χ1v) is 12.8. The second-order valence-electron chi connectivity index (χ2n) is 7.26. The van der Waals surface area contributed by atoms with Crippen LogP contribution < -0.4 is 9.47 Å². The molecule has 0 fully saturated rings. The number of hydrogen-bond donors (Lipinski definition) is 0. The number of thioether (sulfide) groups is 1. The Labute approximate surface area is 222 Å². The van der Waals surface area contributed by atoms with E-state index in [4.69, 9.17) is 44.3 Å². The van der Waals surface area contributed by atoms with Gasteiger partial charge in [0.25, 0.3) is 0 Å². The highest BCUT2D eigenvalue weighted by molar-refractivity contribution is 7.98. The Hall–Kier alpha value is -2.71. The van der Waals surface area contributed by atoms with Crippen LogP contribution in [0.25, 0.3) is 0 Å². The maximum Gasteiger partial charge on any atom is 0.212 e. The van der Waals surface area contributed by atoms with E-state index >= 15 is 0 Å². The molecule has 0 spiro atoms. The van der Waals surface area contributed by atoms with Crippen molar-refractivity contribution in [2.45, 2.75) is 24.4 Å². The fraction of sp³-hybridized carbons (Fsp3) is 0.160. The fourth-order valence-corrected chi connectivity index (χ4v) is 4.53. The lowest BCUT2D eigenvalue weighted by Crippen LogP contribution is -2.01. The van der Waals surface area contributed by atoms with Crippen molar-refractivity contribution < 1.29 is 9.47 Å². The molecular weight excluding hydrogens is 527 g/mol. The largest absolute Gasteiger partial charge is 0.490 e. The van der Waals surface area contributed by atoms with E-state index < -0.39 is 0 Å². The molecule has 0 saturated carbocycles. The van der Waals surface area contributed by atoms with Crippen LogP contribution in [0.5, 0.6) is 11.5 Å². The van der Waals surface area contributed by atoms with Gasteiger partial charge in [0, 0.05) is 10.8 Å². The summed E-state index contributed by atoms with van der Waals surface area (Å²) < 4.78 is 13.4. The molecule has 0 atom stereocenters. The summed E-state index contributed by atoms with van der Waals surface area (Å²) in [5, 5.41) is 15.0. The average Bonchev–Trinajstić information content (AvgIpc) is 3.31. The van der Waals surface area contributed by atoms with Crippen LogP contribution in [0.1, 0.15) is 23.6 Å². The van der Waals surface area contributed by atoms with Crippen molar-refractivity contribution in [1.82, 2.24) is 14.9 Å². The van der Waals surface area contributed by atoms with Gasteiger partial charge in [0.2, 0.25) is 5.16 Å². The lowest BCUT2D eigenvalue weighted by atomic mass is 10.2. The minimum absolute atomic E-state index is 0.330. The van der Waals surface area contributed by atoms with E-state index in [-0.39, 0.29) is 0 Å². The van der Waals surface area contributed by atoms with Gasteiger partial charge >= 0.3 is 0 Å². The molecule has 4 rings (SSSR count). The first-order valence-electron chi connectivity index (χ1n) is 10.7. The molecule has 180 valence electrons. The number of aromatic nitrogens is 3. The first kappa shape index (κ1) is 25.4. The molecule has 6 nitrogen and oxygen atoms in total. The monoisotopic (exact) mass is 546 g/mol. The van der Waals surface area contributed by atoms with Gasteiger partial charge in [0.1, 0.15) is 12.9 Å². The second kappa shape index (κ2) is 12.3. The van der Waals surface area contributed by atoms with Crippen LogP contribution >= 0.6 is 46.6 Å². The van der Waals surface area contributed by atoms with Gasteiger partial charge < -0.3 is 9.47 Å². The molecule has 4 aromatic rings. The van der Waals surface area contributed by atoms with Crippen molar-refractivity contribution in [3.63, 3.8) is 0 Å². The SMILES string of the molecule is CCOc1cc(/C=N/n2cnnc2SCc2ccccc2Cl)ccc1OCc1ccc(Cl)c(Cl)c1. The van der Waals surface area contributed by atoms with E-state index in [9.17, 15) is 0 Å². The minimum Gasteiger partial charge on any atom is -0.490 e. The molecule has 0 aliphatic carbocycles. The molecule has 35 heavy (non-hydrogen) atoms. The summed E-state index contributed by atoms with van der Waals surface area (Å²) in [6, 6.07) is 18.7. The highest BCUT2D eigenvalue weighted by atomic mass is 35.5. The van der Waals surface area contributed by atoms with Crippen molar-refractivity contribution in [2.75, 3.05) is 6.61 Å². The molecule has 0 aliphatic heterocycles. The van der Waals surface area contributed by atoms with E-state index in [1.807, 2.05) is 55.5 Å². The summed E-state index contributed by atoms with van der Waals surface area (Å²) in [4.78, 5) is 0. The average molecular weight is 548 g/mol. The molecule has 1 heterocycles. The third-order valence-corrected chi connectivity index (χ3v) is 6.88. The smallest absolute Gasteiger partial charge is 0.212 e. The standard InChI is InChI=1S/C25H21Cl3N4O2S/c1-2-33-24-12-17(8-10-23(24)34-14-18-7-9-21(27)22(28)11-18)13-30-32-16-29-31-25(32)35-15-19-5-3-4-6-20(19)26/h3-13,16H,2,14-15H2,1H3/b30-13+. The minimum atomic E-state index is 0.330. The number of rotatable bonds is 10. The van der Waals surface area contributed by atoms with E-state index in [1.165, 1.54) is 11.8 Å². The summed E-state index contributed by atoms with van der Waals surface area (Å²) in [6.07, 6.45) is 3.28. The van der Waals surface area contributed by atoms with Crippen molar-refractivity contribution in [3.05, 3.63) is 98.7 Å². The van der Waals surface area contributed by atoms with Crippen LogP contribution in [0, 0.1) is 0 Å². The van der Waals surface area contributed by atoms with Crippen LogP contribution in [0.2, 0.25) is 15.1 Å². The van der Waals surface area contributed by atoms with E-state index in [0.717, 1.165) is 21.7 Å². The van der Waals surface area contributed by atoms with Crippen LogP contribution in [0.3, 0.4) is 0 Å². The van der Waals surface area contributed by atoms with Crippen molar-refractivity contribution in [3.8, 4) is 11.5 Å². The number of nitrogens with zero attached hydrogens (tertiary/aromatic N) is 4. The highest BCUT2D eigenvalue weighted by Crippen LogP contribution is 2.30. The Morgan fingerprint density at radius 3 is 2.60 bits per heavy atom. The third-order valence-electron chi connectivity index (χ3n) is 4.79. The molecule has 0 aliphatic rings. The summed E-state index contributed by atoms with van der Waals surface area (Å²) in [5.41, 5.74) is 2.77. The molecule has 3 aromatic carbocycles. The molecule has 1 aromatic heterocycles. The van der Waals surface area contributed by atoms with Gasteiger partial charge in [-0.25, -0.2) is 0 Å². The molecule has 0 radical (unpaired) electrons. The molecular formula is C25H21Cl3N4O2S. The predicted octanol–water partition coefficient (Wildman–Crippen LogP) is 7.39. The Balaban J connectivity index is 1.44. The summed E-state index contributed by atoms with van der Waals surface area (Å²) in [5.74, 6) is 1.90. The predicted molar refractivity (Wildman–Crippen MR) is 142 cm³/mol. The van der Waals surface area contributed by atoms with E-state index in [1.54, 1.807) is 29.4 Å². The third kappa shape index (κ3) is 6.92. The Kier molecular flexibility index (Phi) is 8.93. The fourth-order valence-electron chi connectivity index (χ4n) is 3.06. The van der Waals surface area contributed by atoms with Crippen LogP contribution in [-0.4, -0.2) is 27.7 Å². The van der Waals surface area contributed by atoms with Crippen LogP contribution in [-0.2, 0) is 12.4 Å². The lowest BCUT2D eigenvalue weighted by Gasteiger charge is -2.13. The van der Waals surface area contributed by atoms with Gasteiger partial charge in [0.15, 0.2) is 11.5 Å². The highest BCUT2D eigenvalue weighted by Gasteiger charge is 2.09. The van der Waals surface area contributed by atoms with Crippen molar-refractivity contribution in [1.29, 1.82) is 0 Å². The zero-order valence-electron chi connectivity index (χ0n) is 18.7. The van der Waals surface area contributed by atoms with Crippen LogP contribution in [0.4, 0.5) is 0 Å². The van der Waals surface area contributed by atoms with E-state index in [0.29, 0.717) is 45.7 Å². The zero-order valence-corrected chi connectivity index (χ0v) is 21.8. The molecule has 0 N–H and O–H groups in total. The Bertz CT molecular complexity index is 1330. The summed E-state index contributed by atoms with van der Waals surface area (Å²) in [6.45, 7) is 2.75. The summed E-state index contributed by atoms with van der Waals surface area (Å²) in [7, 11) is 0. The summed E-state index contributed by atoms with van der Waals surface area (Å²) >= 11 is 19.8. The van der Waals surface area contributed by atoms with Crippen LogP contribution in [0.15, 0.2) is 77.2 Å². The van der Waals surface area contributed by atoms with Gasteiger partial charge in [-0.05, 0) is 60.0 Å². The van der Waals surface area contributed by atoms with Crippen molar-refractivity contribution >= 4 is 52.8 Å². The first-order chi connectivity index (χ1) is 17.0. The molecule has 10 heteroatoms. The normalized spacial score (nSPS) is 11.2. The number of hydrogen-bond acceptors (Lipinski definition) is 6. The molecule has 0 bridgehead atoms. The number of benzene rings is 3. The maximum absolute atomic E-state index is 6.25. The molecule has 0 amide bonds.